The van der Waals surface area contributed by atoms with Crippen molar-refractivity contribution in [1.82, 2.24) is 0 Å². The summed E-state index contributed by atoms with van der Waals surface area (Å²) < 4.78 is 10.8. The summed E-state index contributed by atoms with van der Waals surface area (Å²) in [6.45, 7) is 4.20. The highest BCUT2D eigenvalue weighted by molar-refractivity contribution is 6.02. The summed E-state index contributed by atoms with van der Waals surface area (Å²) in [4.78, 5) is 11.4. The molecule has 4 heteroatoms. The van der Waals surface area contributed by atoms with Crippen LogP contribution in [0.25, 0.3) is 0 Å². The highest BCUT2D eigenvalue weighted by Crippen LogP contribution is 2.30. The third-order valence-electron chi connectivity index (χ3n) is 3.44. The van der Waals surface area contributed by atoms with Crippen molar-refractivity contribution in [2.45, 2.75) is 32.3 Å². The van der Waals surface area contributed by atoms with Crippen molar-refractivity contribution >= 4 is 5.78 Å². The Kier molecular flexibility index (Phi) is 3.57. The molecule has 0 amide bonds. The SMILES string of the molecule is CCC(O)(CC)COc1ccc2c(c1)OCC2=O. The highest BCUT2D eigenvalue weighted by atomic mass is 16.5. The number of Topliss-reactive ketones (excluding diaryl/α,β-unsaturated/α-hetero) is 1. The molecule has 1 aromatic carbocycles. The summed E-state index contributed by atoms with van der Waals surface area (Å²) in [5.41, 5.74) is -0.195. The van der Waals surface area contributed by atoms with Gasteiger partial charge in [-0.2, -0.15) is 0 Å². The van der Waals surface area contributed by atoms with Crippen LogP contribution in [0, 0.1) is 0 Å². The second kappa shape index (κ2) is 4.98. The molecular weight excluding hydrogens is 232 g/mol. The van der Waals surface area contributed by atoms with E-state index in [0.29, 0.717) is 29.9 Å². The highest BCUT2D eigenvalue weighted by Gasteiger charge is 2.24. The van der Waals surface area contributed by atoms with Crippen LogP contribution in [0.5, 0.6) is 11.5 Å². The Balaban J connectivity index is 2.05. The number of ketones is 1. The van der Waals surface area contributed by atoms with Crippen molar-refractivity contribution in [3.8, 4) is 11.5 Å². The fourth-order valence-electron chi connectivity index (χ4n) is 1.84. The van der Waals surface area contributed by atoms with Gasteiger partial charge in [-0.05, 0) is 25.0 Å². The van der Waals surface area contributed by atoms with Gasteiger partial charge < -0.3 is 14.6 Å². The first-order chi connectivity index (χ1) is 8.58. The summed E-state index contributed by atoms with van der Waals surface area (Å²) in [5.74, 6) is 1.17. The number of aliphatic hydroxyl groups is 1. The third kappa shape index (κ3) is 2.48. The number of hydrogen-bond donors (Lipinski definition) is 1. The predicted octanol–water partition coefficient (Wildman–Crippen LogP) is 2.19. The molecule has 1 N–H and O–H groups in total. The maximum absolute atomic E-state index is 11.4. The number of carbonyl (C=O) groups excluding carboxylic acids is 1. The molecule has 0 unspecified atom stereocenters. The molecule has 0 spiro atoms. The molecule has 1 heterocycles. The smallest absolute Gasteiger partial charge is 0.203 e. The van der Waals surface area contributed by atoms with E-state index in [1.165, 1.54) is 0 Å². The fourth-order valence-corrected chi connectivity index (χ4v) is 1.84. The molecule has 0 radical (unpaired) electrons. The largest absolute Gasteiger partial charge is 0.490 e. The molecule has 4 nitrogen and oxygen atoms in total. The molecule has 0 aromatic heterocycles. The maximum atomic E-state index is 11.4. The van der Waals surface area contributed by atoms with Crippen LogP contribution in [0.2, 0.25) is 0 Å². The van der Waals surface area contributed by atoms with Crippen molar-refractivity contribution in [2.75, 3.05) is 13.2 Å². The summed E-state index contributed by atoms with van der Waals surface area (Å²) in [7, 11) is 0. The number of hydrogen-bond acceptors (Lipinski definition) is 4. The zero-order valence-corrected chi connectivity index (χ0v) is 10.7. The normalized spacial score (nSPS) is 14.3. The first-order valence-electron chi connectivity index (χ1n) is 6.23. The van der Waals surface area contributed by atoms with Crippen LogP contribution in [0.15, 0.2) is 18.2 Å². The third-order valence-corrected chi connectivity index (χ3v) is 3.44. The number of benzene rings is 1. The van der Waals surface area contributed by atoms with E-state index < -0.39 is 5.60 Å². The number of ether oxygens (including phenoxy) is 2. The lowest BCUT2D eigenvalue weighted by atomic mass is 9.99. The zero-order valence-electron chi connectivity index (χ0n) is 10.7. The van der Waals surface area contributed by atoms with Gasteiger partial charge >= 0.3 is 0 Å². The van der Waals surface area contributed by atoms with Gasteiger partial charge in [0.05, 0.1) is 11.2 Å². The van der Waals surface area contributed by atoms with E-state index in [1.54, 1.807) is 18.2 Å². The maximum Gasteiger partial charge on any atom is 0.203 e. The molecule has 18 heavy (non-hydrogen) atoms. The van der Waals surface area contributed by atoms with Crippen molar-refractivity contribution in [3.05, 3.63) is 23.8 Å². The van der Waals surface area contributed by atoms with Gasteiger partial charge in [0, 0.05) is 6.07 Å². The topological polar surface area (TPSA) is 55.8 Å². The average Bonchev–Trinajstić information content (AvgIpc) is 2.77. The van der Waals surface area contributed by atoms with Crippen molar-refractivity contribution in [1.29, 1.82) is 0 Å². The van der Waals surface area contributed by atoms with E-state index in [-0.39, 0.29) is 19.0 Å². The summed E-state index contributed by atoms with van der Waals surface area (Å²) in [6, 6.07) is 5.14. The van der Waals surface area contributed by atoms with Crippen LogP contribution in [0.3, 0.4) is 0 Å². The standard InChI is InChI=1S/C14H18O4/c1-3-14(16,4-2)9-18-10-5-6-11-12(15)8-17-13(11)7-10/h5-7,16H,3-4,8-9H2,1-2H3. The zero-order chi connectivity index (χ0) is 13.2. The Morgan fingerprint density at radius 1 is 1.39 bits per heavy atom. The van der Waals surface area contributed by atoms with E-state index >= 15 is 0 Å². The van der Waals surface area contributed by atoms with E-state index in [1.807, 2.05) is 13.8 Å². The minimum Gasteiger partial charge on any atom is -0.490 e. The molecular formula is C14H18O4. The van der Waals surface area contributed by atoms with Gasteiger partial charge in [0.25, 0.3) is 0 Å². The van der Waals surface area contributed by atoms with Crippen LogP contribution in [-0.4, -0.2) is 29.7 Å². The molecule has 0 fully saturated rings. The molecule has 1 aliphatic heterocycles. The van der Waals surface area contributed by atoms with Crippen LogP contribution in [0.4, 0.5) is 0 Å². The van der Waals surface area contributed by atoms with Crippen LogP contribution in [-0.2, 0) is 0 Å². The minimum atomic E-state index is -0.796. The molecule has 0 bridgehead atoms. The molecule has 0 saturated carbocycles. The van der Waals surface area contributed by atoms with E-state index in [9.17, 15) is 9.90 Å². The molecule has 98 valence electrons. The molecule has 1 aliphatic rings. The second-order valence-corrected chi connectivity index (χ2v) is 4.59. The molecule has 0 saturated heterocycles. The fraction of sp³-hybridized carbons (Fsp3) is 0.500. The molecule has 1 aromatic rings. The Labute approximate surface area is 107 Å². The molecule has 0 atom stereocenters. The van der Waals surface area contributed by atoms with Crippen LogP contribution >= 0.6 is 0 Å². The Morgan fingerprint density at radius 2 is 2.11 bits per heavy atom. The Morgan fingerprint density at radius 3 is 2.78 bits per heavy atom. The van der Waals surface area contributed by atoms with Gasteiger partial charge in [0.15, 0.2) is 6.61 Å². The number of carbonyl (C=O) groups is 1. The van der Waals surface area contributed by atoms with E-state index in [2.05, 4.69) is 0 Å². The van der Waals surface area contributed by atoms with Crippen LogP contribution < -0.4 is 9.47 Å². The monoisotopic (exact) mass is 250 g/mol. The Hall–Kier alpha value is -1.55. The average molecular weight is 250 g/mol. The van der Waals surface area contributed by atoms with Crippen molar-refractivity contribution in [3.63, 3.8) is 0 Å². The number of rotatable bonds is 5. The first kappa shape index (κ1) is 12.9. The predicted molar refractivity (Wildman–Crippen MR) is 67.3 cm³/mol. The van der Waals surface area contributed by atoms with E-state index in [0.717, 1.165) is 0 Å². The van der Waals surface area contributed by atoms with E-state index in [4.69, 9.17) is 9.47 Å². The van der Waals surface area contributed by atoms with Gasteiger partial charge in [-0.1, -0.05) is 13.8 Å². The van der Waals surface area contributed by atoms with Crippen molar-refractivity contribution < 1.29 is 19.4 Å². The minimum absolute atomic E-state index is 0.00447. The first-order valence-corrected chi connectivity index (χ1v) is 6.23. The molecule has 0 aliphatic carbocycles. The number of fused-ring (bicyclic) bond motifs is 1. The Bertz CT molecular complexity index is 449. The van der Waals surface area contributed by atoms with Gasteiger partial charge in [-0.25, -0.2) is 0 Å². The molecule has 2 rings (SSSR count). The van der Waals surface area contributed by atoms with Crippen LogP contribution in [0.1, 0.15) is 37.0 Å². The lowest BCUT2D eigenvalue weighted by molar-refractivity contribution is -0.0114. The lowest BCUT2D eigenvalue weighted by Gasteiger charge is -2.25. The van der Waals surface area contributed by atoms with Gasteiger partial charge in [0.1, 0.15) is 18.1 Å². The quantitative estimate of drug-likeness (QED) is 0.870. The summed E-state index contributed by atoms with van der Waals surface area (Å²) in [6.07, 6.45) is 1.28. The van der Waals surface area contributed by atoms with Crippen molar-refractivity contribution in [2.24, 2.45) is 0 Å². The summed E-state index contributed by atoms with van der Waals surface area (Å²) in [5, 5.41) is 10.1. The lowest BCUT2D eigenvalue weighted by Crippen LogP contribution is -2.34. The summed E-state index contributed by atoms with van der Waals surface area (Å²) >= 11 is 0. The second-order valence-electron chi connectivity index (χ2n) is 4.59. The van der Waals surface area contributed by atoms with Gasteiger partial charge in [-0.3, -0.25) is 4.79 Å². The van der Waals surface area contributed by atoms with Gasteiger partial charge in [-0.15, -0.1) is 0 Å². The van der Waals surface area contributed by atoms with Gasteiger partial charge in [0.2, 0.25) is 5.78 Å².